The number of benzene rings is 3. The number of rotatable bonds is 4. The van der Waals surface area contributed by atoms with E-state index in [0.29, 0.717) is 5.02 Å². The third-order valence-electron chi connectivity index (χ3n) is 4.93. The number of amides is 2. The van der Waals surface area contributed by atoms with Crippen molar-refractivity contribution in [2.45, 2.75) is 0 Å². The lowest BCUT2D eigenvalue weighted by atomic mass is 9.82. The van der Waals surface area contributed by atoms with Crippen LogP contribution < -0.4 is 10.9 Å². The second kappa shape index (κ2) is 9.05. The van der Waals surface area contributed by atoms with Crippen molar-refractivity contribution in [3.05, 3.63) is 105 Å². The summed E-state index contributed by atoms with van der Waals surface area (Å²) in [5, 5.41) is 0.453. The van der Waals surface area contributed by atoms with E-state index in [2.05, 4.69) is 10.9 Å². The van der Waals surface area contributed by atoms with Gasteiger partial charge in [-0.25, -0.2) is 4.79 Å². The summed E-state index contributed by atoms with van der Waals surface area (Å²) in [5.74, 6) is -3.20. The molecule has 0 heterocycles. The minimum absolute atomic E-state index is 0.0670. The van der Waals surface area contributed by atoms with Crippen LogP contribution in [0.1, 0.15) is 52.6 Å². The molecule has 8 nitrogen and oxygen atoms in total. The van der Waals surface area contributed by atoms with Crippen molar-refractivity contribution in [3.63, 3.8) is 0 Å². The maximum absolute atomic E-state index is 13.0. The lowest BCUT2D eigenvalue weighted by Crippen LogP contribution is -2.43. The highest BCUT2D eigenvalue weighted by atomic mass is 35.5. The molecular weight excluding hydrogens is 448 g/mol. The average Bonchev–Trinajstić information content (AvgIpc) is 2.84. The van der Waals surface area contributed by atoms with Crippen LogP contribution >= 0.6 is 11.6 Å². The molecular formula is C24H15ClN2O6. The number of ketones is 2. The van der Waals surface area contributed by atoms with E-state index in [9.17, 15) is 24.0 Å². The molecule has 2 N–H and O–H groups in total. The molecule has 3 aromatic carbocycles. The fourth-order valence-electron chi connectivity index (χ4n) is 3.36. The predicted octanol–water partition coefficient (Wildman–Crippen LogP) is 2.73. The summed E-state index contributed by atoms with van der Waals surface area (Å²) in [4.78, 5) is 62.3. The summed E-state index contributed by atoms with van der Waals surface area (Å²) in [6.07, 6.45) is 0. The standard InChI is InChI=1S/C24H15ClN2O6/c25-14-10-8-13(9-11-14)23(31)27-26-19(28)12-33-24(32)18-7-3-6-17-20(18)22(30)16-5-2-1-4-15(16)21(17)29/h1-11H,12H2,(H,26,28)(H,27,31). The zero-order valence-corrected chi connectivity index (χ0v) is 17.6. The van der Waals surface area contributed by atoms with Crippen molar-refractivity contribution in [1.29, 1.82) is 0 Å². The fourth-order valence-corrected chi connectivity index (χ4v) is 3.49. The Morgan fingerprint density at radius 3 is 2.09 bits per heavy atom. The number of nitrogens with one attached hydrogen (secondary N) is 2. The number of carbonyl (C=O) groups excluding carboxylic acids is 5. The normalized spacial score (nSPS) is 11.8. The van der Waals surface area contributed by atoms with Crippen LogP contribution in [0.5, 0.6) is 0 Å². The topological polar surface area (TPSA) is 119 Å². The number of ether oxygens (including phenoxy) is 1. The Balaban J connectivity index is 1.42. The molecule has 0 atom stereocenters. The van der Waals surface area contributed by atoms with Gasteiger partial charge in [-0.3, -0.25) is 30.0 Å². The molecule has 0 aromatic heterocycles. The summed E-state index contributed by atoms with van der Waals surface area (Å²) in [7, 11) is 0. The minimum atomic E-state index is -0.952. The van der Waals surface area contributed by atoms with Gasteiger partial charge < -0.3 is 4.74 Å². The summed E-state index contributed by atoms with van der Waals surface area (Å²) in [6, 6.07) is 16.6. The van der Waals surface area contributed by atoms with Gasteiger partial charge in [-0.2, -0.15) is 0 Å². The number of hydrazine groups is 1. The molecule has 9 heteroatoms. The van der Waals surface area contributed by atoms with Gasteiger partial charge in [0, 0.05) is 32.8 Å². The van der Waals surface area contributed by atoms with Gasteiger partial charge in [-0.1, -0.05) is 48.0 Å². The van der Waals surface area contributed by atoms with E-state index in [1.165, 1.54) is 48.5 Å². The molecule has 0 spiro atoms. The number of fused-ring (bicyclic) bond motifs is 2. The number of halogens is 1. The van der Waals surface area contributed by atoms with Gasteiger partial charge in [0.1, 0.15) is 0 Å². The van der Waals surface area contributed by atoms with Crippen LogP contribution in [0.15, 0.2) is 66.7 Å². The van der Waals surface area contributed by atoms with Crippen molar-refractivity contribution < 1.29 is 28.7 Å². The number of hydrogen-bond donors (Lipinski definition) is 2. The number of esters is 1. The zero-order valence-electron chi connectivity index (χ0n) is 16.9. The van der Waals surface area contributed by atoms with Crippen molar-refractivity contribution in [1.82, 2.24) is 10.9 Å². The lowest BCUT2D eigenvalue weighted by Gasteiger charge is -2.19. The molecule has 0 fully saturated rings. The minimum Gasteiger partial charge on any atom is -0.452 e. The third-order valence-corrected chi connectivity index (χ3v) is 5.18. The first kappa shape index (κ1) is 21.9. The molecule has 1 aliphatic carbocycles. The molecule has 0 bridgehead atoms. The molecule has 164 valence electrons. The molecule has 2 amide bonds. The van der Waals surface area contributed by atoms with Gasteiger partial charge in [0.25, 0.3) is 11.8 Å². The zero-order chi connectivity index (χ0) is 23.5. The molecule has 0 radical (unpaired) electrons. The van der Waals surface area contributed by atoms with Crippen LogP contribution in [0.25, 0.3) is 0 Å². The van der Waals surface area contributed by atoms with Crippen molar-refractivity contribution >= 4 is 41.0 Å². The number of hydrogen-bond acceptors (Lipinski definition) is 6. The second-order valence-corrected chi connectivity index (χ2v) is 7.45. The highest BCUT2D eigenvalue weighted by Gasteiger charge is 2.33. The number of carbonyl (C=O) groups is 5. The average molecular weight is 463 g/mol. The monoisotopic (exact) mass is 462 g/mol. The van der Waals surface area contributed by atoms with E-state index in [1.54, 1.807) is 18.2 Å². The predicted molar refractivity (Wildman–Crippen MR) is 117 cm³/mol. The highest BCUT2D eigenvalue weighted by Crippen LogP contribution is 2.29. The van der Waals surface area contributed by atoms with Gasteiger partial charge in [-0.15, -0.1) is 0 Å². The van der Waals surface area contributed by atoms with Gasteiger partial charge >= 0.3 is 5.97 Å². The lowest BCUT2D eigenvalue weighted by molar-refractivity contribution is -0.125. The molecule has 0 aliphatic heterocycles. The van der Waals surface area contributed by atoms with Crippen LogP contribution in [0.3, 0.4) is 0 Å². The van der Waals surface area contributed by atoms with E-state index in [-0.39, 0.29) is 39.2 Å². The van der Waals surface area contributed by atoms with Gasteiger partial charge in [-0.05, 0) is 30.3 Å². The third kappa shape index (κ3) is 4.37. The van der Waals surface area contributed by atoms with E-state index in [1.807, 2.05) is 0 Å². The Bertz CT molecular complexity index is 1320. The SMILES string of the molecule is O=C(COC(=O)c1cccc2c1C(=O)c1ccccc1C2=O)NNC(=O)c1ccc(Cl)cc1. The summed E-state index contributed by atoms with van der Waals surface area (Å²) in [5.41, 5.74) is 4.92. The fraction of sp³-hybridized carbons (Fsp3) is 0.0417. The molecule has 0 unspecified atom stereocenters. The maximum atomic E-state index is 13.0. The van der Waals surface area contributed by atoms with Gasteiger partial charge in [0.2, 0.25) is 0 Å². The first-order chi connectivity index (χ1) is 15.9. The molecule has 0 saturated heterocycles. The van der Waals surface area contributed by atoms with E-state index >= 15 is 0 Å². The molecule has 1 aliphatic rings. The highest BCUT2D eigenvalue weighted by molar-refractivity contribution is 6.31. The van der Waals surface area contributed by atoms with Gasteiger partial charge in [0.05, 0.1) is 5.56 Å². The maximum Gasteiger partial charge on any atom is 0.339 e. The first-order valence-electron chi connectivity index (χ1n) is 9.70. The summed E-state index contributed by atoms with van der Waals surface area (Å²) < 4.78 is 5.00. The molecule has 4 rings (SSSR count). The van der Waals surface area contributed by atoms with E-state index in [4.69, 9.17) is 16.3 Å². The van der Waals surface area contributed by atoms with Crippen LogP contribution in [0.2, 0.25) is 5.02 Å². The van der Waals surface area contributed by atoms with Gasteiger partial charge in [0.15, 0.2) is 18.2 Å². The Kier molecular flexibility index (Phi) is 6.01. The summed E-state index contributed by atoms with van der Waals surface area (Å²) in [6.45, 7) is -0.720. The largest absolute Gasteiger partial charge is 0.452 e. The van der Waals surface area contributed by atoms with Crippen molar-refractivity contribution in [3.8, 4) is 0 Å². The van der Waals surface area contributed by atoms with Crippen LogP contribution in [0, 0.1) is 0 Å². The van der Waals surface area contributed by atoms with Crippen LogP contribution in [0.4, 0.5) is 0 Å². The second-order valence-electron chi connectivity index (χ2n) is 7.02. The molecule has 3 aromatic rings. The first-order valence-corrected chi connectivity index (χ1v) is 10.1. The van der Waals surface area contributed by atoms with Crippen LogP contribution in [-0.2, 0) is 9.53 Å². The molecule has 33 heavy (non-hydrogen) atoms. The Hall–Kier alpha value is -4.30. The van der Waals surface area contributed by atoms with E-state index in [0.717, 1.165) is 0 Å². The van der Waals surface area contributed by atoms with Crippen LogP contribution in [-0.4, -0.2) is 36.0 Å². The summed E-state index contributed by atoms with van der Waals surface area (Å²) >= 11 is 5.76. The Labute approximate surface area is 192 Å². The smallest absolute Gasteiger partial charge is 0.339 e. The van der Waals surface area contributed by atoms with Crippen molar-refractivity contribution in [2.24, 2.45) is 0 Å². The Morgan fingerprint density at radius 1 is 0.758 bits per heavy atom. The molecule has 0 saturated carbocycles. The Morgan fingerprint density at radius 2 is 1.39 bits per heavy atom. The quantitative estimate of drug-likeness (QED) is 0.355. The van der Waals surface area contributed by atoms with E-state index < -0.39 is 30.2 Å². The van der Waals surface area contributed by atoms with Crippen molar-refractivity contribution in [2.75, 3.05) is 6.61 Å².